The summed E-state index contributed by atoms with van der Waals surface area (Å²) in [6.45, 7) is 2.72. The predicted octanol–water partition coefficient (Wildman–Crippen LogP) is 5.16. The lowest BCUT2D eigenvalue weighted by Crippen LogP contribution is -2.39. The Morgan fingerprint density at radius 2 is 2.00 bits per heavy atom. The summed E-state index contributed by atoms with van der Waals surface area (Å²) in [5.41, 5.74) is 0.785. The van der Waals surface area contributed by atoms with Crippen molar-refractivity contribution in [3.8, 4) is 11.4 Å². The van der Waals surface area contributed by atoms with Crippen LogP contribution in [0.3, 0.4) is 0 Å². The van der Waals surface area contributed by atoms with Gasteiger partial charge < -0.3 is 9.47 Å². The minimum absolute atomic E-state index is 0.142. The van der Waals surface area contributed by atoms with Crippen molar-refractivity contribution in [3.63, 3.8) is 0 Å². The molecule has 1 amide bonds. The Morgan fingerprint density at radius 3 is 2.67 bits per heavy atom. The molecule has 0 unspecified atom stereocenters. The molecule has 1 saturated carbocycles. The van der Waals surface area contributed by atoms with Crippen LogP contribution in [0.5, 0.6) is 0 Å². The van der Waals surface area contributed by atoms with E-state index in [1.807, 2.05) is 29.5 Å². The first kappa shape index (κ1) is 20.5. The molecule has 8 heteroatoms. The molecule has 0 saturated heterocycles. The maximum Gasteiger partial charge on any atom is 0.233 e. The van der Waals surface area contributed by atoms with Crippen LogP contribution in [-0.4, -0.2) is 44.4 Å². The van der Waals surface area contributed by atoms with E-state index in [0.717, 1.165) is 23.6 Å². The number of nitrogens with zero attached hydrogens (tertiary/aromatic N) is 4. The molecule has 1 aliphatic carbocycles. The van der Waals surface area contributed by atoms with E-state index in [4.69, 9.17) is 23.2 Å². The smallest absolute Gasteiger partial charge is 0.233 e. The van der Waals surface area contributed by atoms with Gasteiger partial charge in [-0.25, -0.2) is 0 Å². The fraction of sp³-hybridized carbons (Fsp3) is 0.526. The van der Waals surface area contributed by atoms with E-state index in [9.17, 15) is 4.79 Å². The van der Waals surface area contributed by atoms with Crippen LogP contribution >= 0.6 is 35.0 Å². The third-order valence-electron chi connectivity index (χ3n) is 5.05. The van der Waals surface area contributed by atoms with Crippen molar-refractivity contribution in [2.45, 2.75) is 56.8 Å². The van der Waals surface area contributed by atoms with Crippen LogP contribution in [0.2, 0.25) is 10.0 Å². The Labute approximate surface area is 174 Å². The Hall–Kier alpha value is -1.24. The number of hydrogen-bond donors (Lipinski definition) is 0. The van der Waals surface area contributed by atoms with E-state index >= 15 is 0 Å². The number of carbonyl (C=O) groups excluding carboxylic acids is 1. The second-order valence-corrected chi connectivity index (χ2v) is 8.55. The van der Waals surface area contributed by atoms with Gasteiger partial charge in [0, 0.05) is 30.2 Å². The Bertz CT molecular complexity index is 805. The molecular weight excluding hydrogens is 403 g/mol. The second-order valence-electron chi connectivity index (χ2n) is 6.76. The molecule has 0 spiro atoms. The molecule has 1 fully saturated rings. The van der Waals surface area contributed by atoms with Gasteiger partial charge in [0.05, 0.1) is 10.8 Å². The molecule has 0 atom stereocenters. The lowest BCUT2D eigenvalue weighted by atomic mass is 9.94. The van der Waals surface area contributed by atoms with Crippen molar-refractivity contribution < 1.29 is 4.79 Å². The SMILES string of the molecule is CCn1c(SCC(=O)N(C)C2CCCCC2)nnc1-c1ccc(Cl)cc1Cl. The Balaban J connectivity index is 1.70. The summed E-state index contributed by atoms with van der Waals surface area (Å²) < 4.78 is 1.98. The quantitative estimate of drug-likeness (QED) is 0.598. The van der Waals surface area contributed by atoms with Gasteiger partial charge in [0.25, 0.3) is 0 Å². The van der Waals surface area contributed by atoms with Crippen LogP contribution in [0.4, 0.5) is 0 Å². The number of aromatic nitrogens is 3. The molecule has 3 rings (SSSR count). The minimum Gasteiger partial charge on any atom is -0.342 e. The van der Waals surface area contributed by atoms with Crippen LogP contribution < -0.4 is 0 Å². The fourth-order valence-electron chi connectivity index (χ4n) is 3.45. The monoisotopic (exact) mass is 426 g/mol. The maximum atomic E-state index is 12.6. The highest BCUT2D eigenvalue weighted by Crippen LogP contribution is 2.31. The summed E-state index contributed by atoms with van der Waals surface area (Å²) in [7, 11) is 1.92. The molecule has 1 heterocycles. The van der Waals surface area contributed by atoms with E-state index in [1.54, 1.807) is 12.1 Å². The molecule has 0 radical (unpaired) electrons. The highest BCUT2D eigenvalue weighted by Gasteiger charge is 2.23. The lowest BCUT2D eigenvalue weighted by Gasteiger charge is -2.31. The zero-order valence-corrected chi connectivity index (χ0v) is 17.9. The molecule has 0 N–H and O–H groups in total. The molecule has 1 aromatic carbocycles. The highest BCUT2D eigenvalue weighted by atomic mass is 35.5. The average molecular weight is 427 g/mol. The fourth-order valence-corrected chi connectivity index (χ4v) is 4.87. The third-order valence-corrected chi connectivity index (χ3v) is 6.54. The molecule has 5 nitrogen and oxygen atoms in total. The largest absolute Gasteiger partial charge is 0.342 e. The Kier molecular flexibility index (Phi) is 7.06. The second kappa shape index (κ2) is 9.30. The summed E-state index contributed by atoms with van der Waals surface area (Å²) in [6, 6.07) is 5.70. The van der Waals surface area contributed by atoms with Crippen LogP contribution in [0.15, 0.2) is 23.4 Å². The number of carbonyl (C=O) groups is 1. The van der Waals surface area contributed by atoms with Gasteiger partial charge in [-0.15, -0.1) is 10.2 Å². The first-order valence-electron chi connectivity index (χ1n) is 9.28. The number of thioether (sulfide) groups is 1. The van der Waals surface area contributed by atoms with Gasteiger partial charge in [-0.1, -0.05) is 54.2 Å². The summed E-state index contributed by atoms with van der Waals surface area (Å²) in [5.74, 6) is 1.19. The third kappa shape index (κ3) is 4.79. The Morgan fingerprint density at radius 1 is 1.26 bits per heavy atom. The molecular formula is C19H24Cl2N4OS. The summed E-state index contributed by atoms with van der Waals surface area (Å²) >= 11 is 13.7. The number of hydrogen-bond acceptors (Lipinski definition) is 4. The first-order valence-corrected chi connectivity index (χ1v) is 11.0. The van der Waals surface area contributed by atoms with E-state index in [2.05, 4.69) is 10.2 Å². The van der Waals surface area contributed by atoms with E-state index in [1.165, 1.54) is 31.0 Å². The van der Waals surface area contributed by atoms with Crippen LogP contribution in [0.1, 0.15) is 39.0 Å². The molecule has 0 aliphatic heterocycles. The van der Waals surface area contributed by atoms with Crippen molar-refractivity contribution in [1.29, 1.82) is 0 Å². The van der Waals surface area contributed by atoms with Gasteiger partial charge in [-0.05, 0) is 38.0 Å². The lowest BCUT2D eigenvalue weighted by molar-refractivity contribution is -0.129. The topological polar surface area (TPSA) is 51.0 Å². The standard InChI is InChI=1S/C19H24Cl2N4OS/c1-3-25-18(15-10-9-13(20)11-16(15)21)22-23-19(25)27-12-17(26)24(2)14-7-5-4-6-8-14/h9-11,14H,3-8,12H2,1-2H3. The molecule has 27 heavy (non-hydrogen) atoms. The molecule has 2 aromatic rings. The first-order chi connectivity index (χ1) is 13.0. The van der Waals surface area contributed by atoms with E-state index in [0.29, 0.717) is 34.2 Å². The molecule has 146 valence electrons. The predicted molar refractivity (Wildman–Crippen MR) is 112 cm³/mol. The van der Waals surface area contributed by atoms with E-state index < -0.39 is 0 Å². The van der Waals surface area contributed by atoms with Crippen molar-refractivity contribution >= 4 is 40.9 Å². The molecule has 1 aliphatic rings. The summed E-state index contributed by atoms with van der Waals surface area (Å²) in [5, 5.41) is 10.4. The van der Waals surface area contributed by atoms with Gasteiger partial charge in [0.1, 0.15) is 0 Å². The van der Waals surface area contributed by atoms with Gasteiger partial charge in [-0.3, -0.25) is 4.79 Å². The number of halogens is 2. The van der Waals surface area contributed by atoms with Gasteiger partial charge in [0.2, 0.25) is 5.91 Å². The average Bonchev–Trinajstić information content (AvgIpc) is 3.08. The summed E-state index contributed by atoms with van der Waals surface area (Å²) in [6.07, 6.45) is 5.92. The summed E-state index contributed by atoms with van der Waals surface area (Å²) in [4.78, 5) is 14.5. The number of rotatable bonds is 6. The molecule has 1 aromatic heterocycles. The normalized spacial score (nSPS) is 15.1. The van der Waals surface area contributed by atoms with Gasteiger partial charge in [-0.2, -0.15) is 0 Å². The van der Waals surface area contributed by atoms with Crippen LogP contribution in [0.25, 0.3) is 11.4 Å². The van der Waals surface area contributed by atoms with Crippen LogP contribution in [0, 0.1) is 0 Å². The van der Waals surface area contributed by atoms with Crippen molar-refractivity contribution in [2.24, 2.45) is 0 Å². The van der Waals surface area contributed by atoms with Crippen LogP contribution in [-0.2, 0) is 11.3 Å². The maximum absolute atomic E-state index is 12.6. The number of benzene rings is 1. The highest BCUT2D eigenvalue weighted by molar-refractivity contribution is 7.99. The van der Waals surface area contributed by atoms with Crippen molar-refractivity contribution in [1.82, 2.24) is 19.7 Å². The van der Waals surface area contributed by atoms with Crippen molar-refractivity contribution in [2.75, 3.05) is 12.8 Å². The zero-order chi connectivity index (χ0) is 19.4. The van der Waals surface area contributed by atoms with Gasteiger partial charge >= 0.3 is 0 Å². The molecule has 0 bridgehead atoms. The van der Waals surface area contributed by atoms with Crippen molar-refractivity contribution in [3.05, 3.63) is 28.2 Å². The van der Waals surface area contributed by atoms with Gasteiger partial charge in [0.15, 0.2) is 11.0 Å². The zero-order valence-electron chi connectivity index (χ0n) is 15.6. The minimum atomic E-state index is 0.142. The number of amides is 1. The van der Waals surface area contributed by atoms with E-state index in [-0.39, 0.29) is 5.91 Å².